The summed E-state index contributed by atoms with van der Waals surface area (Å²) >= 11 is 4.52. The molecule has 0 radical (unpaired) electrons. The molecule has 0 fully saturated rings. The van der Waals surface area contributed by atoms with Crippen molar-refractivity contribution in [2.45, 2.75) is 6.54 Å². The molecule has 0 unspecified atom stereocenters. The Morgan fingerprint density at radius 3 is 2.89 bits per heavy atom. The molecule has 0 aliphatic carbocycles. The van der Waals surface area contributed by atoms with Crippen LogP contribution in [-0.2, 0) is 6.54 Å². The molecule has 1 heterocycles. The van der Waals surface area contributed by atoms with Gasteiger partial charge in [-0.3, -0.25) is 10.1 Å². The molecule has 1 aromatic carbocycles. The van der Waals surface area contributed by atoms with E-state index in [-0.39, 0.29) is 9.92 Å². The number of methoxy groups -OCH3 is 1. The first-order chi connectivity index (χ1) is 9.10. The summed E-state index contributed by atoms with van der Waals surface area (Å²) in [5.74, 6) is 0.730. The van der Waals surface area contributed by atoms with Crippen LogP contribution in [0.25, 0.3) is 0 Å². The van der Waals surface area contributed by atoms with Crippen LogP contribution in [0.3, 0.4) is 0 Å². The number of hydrogen-bond donors (Lipinski definition) is 1. The van der Waals surface area contributed by atoms with Crippen LogP contribution in [0.5, 0.6) is 5.75 Å². The number of benzene rings is 1. The van der Waals surface area contributed by atoms with Gasteiger partial charge < -0.3 is 10.1 Å². The first-order valence-electron chi connectivity index (χ1n) is 5.39. The molecule has 2 aromatic rings. The molecular formula is C12H11BrN2O3S. The molecule has 0 atom stereocenters. The molecule has 0 aliphatic heterocycles. The Labute approximate surface area is 122 Å². The van der Waals surface area contributed by atoms with Gasteiger partial charge in [0.1, 0.15) is 5.75 Å². The minimum Gasteiger partial charge on any atom is -0.495 e. The van der Waals surface area contributed by atoms with Crippen molar-refractivity contribution in [3.05, 3.63) is 49.8 Å². The Hall–Kier alpha value is -1.60. The molecule has 19 heavy (non-hydrogen) atoms. The SMILES string of the molecule is COc1ccc(Br)cc1NCc1csc([N+](=O)[O-])c1. The highest BCUT2D eigenvalue weighted by atomic mass is 79.9. The number of halogens is 1. The second-order valence-corrected chi connectivity index (χ2v) is 5.55. The van der Waals surface area contributed by atoms with E-state index in [2.05, 4.69) is 21.2 Å². The van der Waals surface area contributed by atoms with Crippen molar-refractivity contribution in [3.8, 4) is 5.75 Å². The summed E-state index contributed by atoms with van der Waals surface area (Å²) in [4.78, 5) is 10.2. The predicted octanol–water partition coefficient (Wildman–Crippen LogP) is 4.04. The minimum absolute atomic E-state index is 0.151. The lowest BCUT2D eigenvalue weighted by atomic mass is 10.2. The van der Waals surface area contributed by atoms with Gasteiger partial charge in [0.05, 0.1) is 17.7 Å². The molecule has 0 spiro atoms. The summed E-state index contributed by atoms with van der Waals surface area (Å²) < 4.78 is 6.18. The van der Waals surface area contributed by atoms with Gasteiger partial charge in [-0.15, -0.1) is 0 Å². The first-order valence-corrected chi connectivity index (χ1v) is 7.06. The monoisotopic (exact) mass is 342 g/mol. The summed E-state index contributed by atoms with van der Waals surface area (Å²) in [6, 6.07) is 7.21. The zero-order valence-corrected chi connectivity index (χ0v) is 12.5. The summed E-state index contributed by atoms with van der Waals surface area (Å²) in [6.07, 6.45) is 0. The van der Waals surface area contributed by atoms with Gasteiger partial charge in [-0.25, -0.2) is 0 Å². The maximum Gasteiger partial charge on any atom is 0.324 e. The number of rotatable bonds is 5. The van der Waals surface area contributed by atoms with Gasteiger partial charge in [0.25, 0.3) is 0 Å². The standard InChI is InChI=1S/C12H11BrN2O3S/c1-18-11-3-2-9(13)5-10(11)14-6-8-4-12(15(16)17)19-7-8/h2-5,7,14H,6H2,1H3. The van der Waals surface area contributed by atoms with Crippen molar-refractivity contribution in [1.29, 1.82) is 0 Å². The van der Waals surface area contributed by atoms with Crippen LogP contribution in [-0.4, -0.2) is 12.0 Å². The van der Waals surface area contributed by atoms with Crippen molar-refractivity contribution in [3.63, 3.8) is 0 Å². The van der Waals surface area contributed by atoms with Gasteiger partial charge in [-0.2, -0.15) is 0 Å². The average molecular weight is 343 g/mol. The maximum atomic E-state index is 10.6. The minimum atomic E-state index is -0.381. The highest BCUT2D eigenvalue weighted by molar-refractivity contribution is 9.10. The highest BCUT2D eigenvalue weighted by Gasteiger charge is 2.10. The lowest BCUT2D eigenvalue weighted by Crippen LogP contribution is -2.00. The topological polar surface area (TPSA) is 64.4 Å². The molecule has 1 aromatic heterocycles. The lowest BCUT2D eigenvalue weighted by Gasteiger charge is -2.10. The third-order valence-corrected chi connectivity index (χ3v) is 3.89. The van der Waals surface area contributed by atoms with Crippen LogP contribution < -0.4 is 10.1 Å². The molecule has 100 valence electrons. The van der Waals surface area contributed by atoms with E-state index in [4.69, 9.17) is 4.74 Å². The fourth-order valence-electron chi connectivity index (χ4n) is 1.57. The van der Waals surface area contributed by atoms with Crippen LogP contribution >= 0.6 is 27.3 Å². The molecule has 0 amide bonds. The molecule has 0 bridgehead atoms. The first kappa shape index (κ1) is 13.8. The number of ether oxygens (including phenoxy) is 1. The van der Waals surface area contributed by atoms with Crippen LogP contribution in [0.2, 0.25) is 0 Å². The van der Waals surface area contributed by atoms with Crippen LogP contribution in [0.15, 0.2) is 34.1 Å². The van der Waals surface area contributed by atoms with E-state index < -0.39 is 0 Å². The average Bonchev–Trinajstić information content (AvgIpc) is 2.85. The zero-order chi connectivity index (χ0) is 13.8. The fourth-order valence-corrected chi connectivity index (χ4v) is 2.66. The molecule has 7 heteroatoms. The number of hydrogen-bond acceptors (Lipinski definition) is 5. The van der Waals surface area contributed by atoms with Crippen molar-refractivity contribution in [2.75, 3.05) is 12.4 Å². The largest absolute Gasteiger partial charge is 0.495 e. The number of nitrogens with one attached hydrogen (secondary N) is 1. The van der Waals surface area contributed by atoms with Crippen LogP contribution in [0, 0.1) is 10.1 Å². The Bertz CT molecular complexity index is 600. The third kappa shape index (κ3) is 3.45. The predicted molar refractivity (Wildman–Crippen MR) is 79.0 cm³/mol. The third-order valence-electron chi connectivity index (χ3n) is 2.46. The maximum absolute atomic E-state index is 10.6. The summed E-state index contributed by atoms with van der Waals surface area (Å²) in [6.45, 7) is 0.511. The van der Waals surface area contributed by atoms with E-state index in [9.17, 15) is 10.1 Å². The number of anilines is 1. The van der Waals surface area contributed by atoms with Crippen molar-refractivity contribution >= 4 is 38.0 Å². The number of nitrogens with zero attached hydrogens (tertiary/aromatic N) is 1. The number of thiophene rings is 1. The second kappa shape index (κ2) is 6.03. The van der Waals surface area contributed by atoms with Gasteiger partial charge >= 0.3 is 5.00 Å². The van der Waals surface area contributed by atoms with Gasteiger partial charge in [0, 0.05) is 22.5 Å². The van der Waals surface area contributed by atoms with E-state index >= 15 is 0 Å². The summed E-state index contributed by atoms with van der Waals surface area (Å²) in [5.41, 5.74) is 1.71. The van der Waals surface area contributed by atoms with Gasteiger partial charge in [0.15, 0.2) is 0 Å². The van der Waals surface area contributed by atoms with Crippen LogP contribution in [0.1, 0.15) is 5.56 Å². The van der Waals surface area contributed by atoms with E-state index in [1.165, 1.54) is 0 Å². The van der Waals surface area contributed by atoms with Crippen molar-refractivity contribution in [1.82, 2.24) is 0 Å². The summed E-state index contributed by atoms with van der Waals surface area (Å²) in [5, 5.41) is 15.7. The fraction of sp³-hybridized carbons (Fsp3) is 0.167. The molecular weight excluding hydrogens is 332 g/mol. The number of nitro groups is 1. The molecule has 0 saturated carbocycles. The van der Waals surface area contributed by atoms with E-state index in [1.54, 1.807) is 18.6 Å². The molecule has 5 nitrogen and oxygen atoms in total. The Morgan fingerprint density at radius 2 is 2.26 bits per heavy atom. The van der Waals surface area contributed by atoms with Gasteiger partial charge in [-0.1, -0.05) is 27.3 Å². The Morgan fingerprint density at radius 1 is 1.47 bits per heavy atom. The molecule has 0 aliphatic rings. The van der Waals surface area contributed by atoms with Crippen LogP contribution in [0.4, 0.5) is 10.7 Å². The normalized spacial score (nSPS) is 10.2. The zero-order valence-electron chi connectivity index (χ0n) is 10.1. The quantitative estimate of drug-likeness (QED) is 0.657. The lowest BCUT2D eigenvalue weighted by molar-refractivity contribution is -0.380. The van der Waals surface area contributed by atoms with E-state index in [0.29, 0.717) is 6.54 Å². The molecule has 1 N–H and O–H groups in total. The Balaban J connectivity index is 2.09. The van der Waals surface area contributed by atoms with Crippen molar-refractivity contribution in [2.24, 2.45) is 0 Å². The van der Waals surface area contributed by atoms with E-state index in [1.807, 2.05) is 18.2 Å². The molecule has 2 rings (SSSR count). The highest BCUT2D eigenvalue weighted by Crippen LogP contribution is 2.29. The van der Waals surface area contributed by atoms with Gasteiger partial charge in [0.2, 0.25) is 0 Å². The summed E-state index contributed by atoms with van der Waals surface area (Å²) in [7, 11) is 1.60. The van der Waals surface area contributed by atoms with Gasteiger partial charge in [-0.05, 0) is 23.8 Å². The smallest absolute Gasteiger partial charge is 0.324 e. The molecule has 0 saturated heterocycles. The van der Waals surface area contributed by atoms with E-state index in [0.717, 1.165) is 32.8 Å². The Kier molecular flexibility index (Phi) is 4.39. The second-order valence-electron chi connectivity index (χ2n) is 3.75. The van der Waals surface area contributed by atoms with Crippen molar-refractivity contribution < 1.29 is 9.66 Å².